The molecule has 2 aromatic carbocycles. The largest absolute Gasteiger partial charge is 1.00 e. The van der Waals surface area contributed by atoms with Gasteiger partial charge in [-0.25, -0.2) is 8.42 Å². The summed E-state index contributed by atoms with van der Waals surface area (Å²) in [6, 6.07) is 6.25. The van der Waals surface area contributed by atoms with E-state index in [-0.39, 0.29) is 79.4 Å². The number of phenols is 2. The maximum absolute atomic E-state index is 12.6. The molecule has 6 N–H and O–H groups in total. The van der Waals surface area contributed by atoms with Crippen LogP contribution in [0.1, 0.15) is 0 Å². The molecule has 4 rings (SSSR count). The van der Waals surface area contributed by atoms with E-state index in [2.05, 4.69) is 4.18 Å². The Morgan fingerprint density at radius 2 is 1.68 bits per heavy atom. The molecule has 0 amide bonds. The third-order valence-corrected chi connectivity index (χ3v) is 5.71. The Morgan fingerprint density at radius 1 is 0.973 bits per heavy atom. The molecule has 2 heterocycles. The molecule has 0 aliphatic carbocycles. The number of rotatable bonds is 6. The average Bonchev–Trinajstić information content (AvgIpc) is 2.79. The van der Waals surface area contributed by atoms with Gasteiger partial charge < -0.3 is 53.3 Å². The van der Waals surface area contributed by atoms with Crippen LogP contribution in [0, 0.1) is 0 Å². The van der Waals surface area contributed by atoms with Gasteiger partial charge in [0.25, 0.3) is 10.4 Å². The van der Waals surface area contributed by atoms with Crippen molar-refractivity contribution in [3.63, 3.8) is 0 Å². The van der Waals surface area contributed by atoms with Gasteiger partial charge >= 0.3 is 51.4 Å². The number of ether oxygens (including phenoxy) is 2. The summed E-state index contributed by atoms with van der Waals surface area (Å²) in [5, 5.41) is 59.2. The van der Waals surface area contributed by atoms with E-state index in [0.29, 0.717) is 0 Å². The molecule has 5 atom stereocenters. The van der Waals surface area contributed by atoms with Crippen molar-refractivity contribution in [3.8, 4) is 34.3 Å². The topological polar surface area (TPSA) is 236 Å². The fraction of sp³-hybridized carbons (Fsp3) is 0.286. The Hall–Kier alpha value is -1.80. The summed E-state index contributed by atoms with van der Waals surface area (Å²) in [4.78, 5) is 12.6. The molecule has 0 bridgehead atoms. The second-order valence-electron chi connectivity index (χ2n) is 7.78. The molecule has 1 aliphatic rings. The predicted octanol–water partition coefficient (Wildman–Crippen LogP) is -4.11. The van der Waals surface area contributed by atoms with Crippen LogP contribution < -0.4 is 65.7 Å². The van der Waals surface area contributed by atoms with Crippen LogP contribution in [-0.4, -0.2) is 80.9 Å². The number of hydrogen-bond donors (Lipinski definition) is 6. The molecule has 3 aromatic rings. The van der Waals surface area contributed by atoms with Gasteiger partial charge in [-0.1, -0.05) is 0 Å². The van der Waals surface area contributed by atoms with Gasteiger partial charge in [-0.05, 0) is 18.2 Å². The summed E-state index contributed by atoms with van der Waals surface area (Å²) in [7, 11) is -5.18. The minimum Gasteiger partial charge on any atom is -0.716 e. The number of phenolic OH excluding ortho intramolecular Hbond substituents is 2. The summed E-state index contributed by atoms with van der Waals surface area (Å²) in [6.45, 7) is -0.703. The second-order valence-corrected chi connectivity index (χ2v) is 8.76. The van der Waals surface area contributed by atoms with Crippen molar-refractivity contribution in [1.82, 2.24) is 0 Å². The molecule has 16 heteroatoms. The number of aliphatic hydroxyl groups excluding tert-OH is 4. The molecule has 1 aromatic heterocycles. The Balaban J connectivity index is 0.00000380. The number of aliphatic hydroxyl groups is 4. The first-order valence-electron chi connectivity index (χ1n) is 10.1. The SMILES string of the molecule is O=c1cc(-c2ccc(O)c(O[C@@H]3O[C@H](CO)[C@@H](O)[C@H](O)[C@H]3O)c2)oc2cc(OS(=O)(=O)[O-])cc(O)c12.[K+]. The van der Waals surface area contributed by atoms with Gasteiger partial charge in [0, 0.05) is 23.8 Å². The van der Waals surface area contributed by atoms with Gasteiger partial charge in [0.2, 0.25) is 6.29 Å². The monoisotopic (exact) mass is 566 g/mol. The molecule has 0 unspecified atom stereocenters. The zero-order valence-electron chi connectivity index (χ0n) is 18.9. The van der Waals surface area contributed by atoms with Crippen LogP contribution in [0.25, 0.3) is 22.3 Å². The molecular weight excluding hydrogens is 547 g/mol. The van der Waals surface area contributed by atoms with Crippen LogP contribution in [-0.2, 0) is 15.1 Å². The van der Waals surface area contributed by atoms with Crippen molar-refractivity contribution < 1.29 is 113 Å². The van der Waals surface area contributed by atoms with E-state index in [4.69, 9.17) is 13.9 Å². The van der Waals surface area contributed by atoms with Crippen LogP contribution in [0.4, 0.5) is 0 Å². The summed E-state index contributed by atoms with van der Waals surface area (Å²) < 4.78 is 53.1. The first-order chi connectivity index (χ1) is 16.9. The molecule has 194 valence electrons. The van der Waals surface area contributed by atoms with Gasteiger partial charge in [-0.2, -0.15) is 0 Å². The zero-order valence-corrected chi connectivity index (χ0v) is 22.9. The molecule has 1 fully saturated rings. The van der Waals surface area contributed by atoms with Crippen molar-refractivity contribution in [1.29, 1.82) is 0 Å². The van der Waals surface area contributed by atoms with Crippen LogP contribution in [0.3, 0.4) is 0 Å². The number of benzene rings is 2. The van der Waals surface area contributed by atoms with Gasteiger partial charge in [-0.3, -0.25) is 4.79 Å². The summed E-state index contributed by atoms with van der Waals surface area (Å²) >= 11 is 0. The van der Waals surface area contributed by atoms with Gasteiger partial charge in [0.15, 0.2) is 16.9 Å². The third kappa shape index (κ3) is 6.44. The minimum atomic E-state index is -5.18. The normalized spacial score (nSPS) is 23.9. The predicted molar refractivity (Wildman–Crippen MR) is 116 cm³/mol. The van der Waals surface area contributed by atoms with E-state index in [1.54, 1.807) is 0 Å². The van der Waals surface area contributed by atoms with E-state index in [1.165, 1.54) is 12.1 Å². The van der Waals surface area contributed by atoms with Crippen LogP contribution in [0.2, 0.25) is 0 Å². The molecule has 37 heavy (non-hydrogen) atoms. The van der Waals surface area contributed by atoms with Crippen molar-refractivity contribution >= 4 is 21.4 Å². The van der Waals surface area contributed by atoms with E-state index < -0.39 is 70.4 Å². The Kier molecular flexibility index (Phi) is 9.26. The molecule has 0 radical (unpaired) electrons. The molecule has 0 spiro atoms. The summed E-state index contributed by atoms with van der Waals surface area (Å²) in [5.74, 6) is -2.21. The summed E-state index contributed by atoms with van der Waals surface area (Å²) in [5.41, 5.74) is -0.959. The van der Waals surface area contributed by atoms with Crippen LogP contribution in [0.5, 0.6) is 23.0 Å². The van der Waals surface area contributed by atoms with E-state index in [1.807, 2.05) is 0 Å². The van der Waals surface area contributed by atoms with Gasteiger partial charge in [0.05, 0.1) is 6.61 Å². The Labute approximate surface area is 250 Å². The van der Waals surface area contributed by atoms with Crippen LogP contribution in [0.15, 0.2) is 45.6 Å². The van der Waals surface area contributed by atoms with E-state index in [0.717, 1.165) is 24.3 Å². The second kappa shape index (κ2) is 11.5. The third-order valence-electron chi connectivity index (χ3n) is 5.32. The van der Waals surface area contributed by atoms with Crippen molar-refractivity contribution in [2.45, 2.75) is 30.7 Å². The van der Waals surface area contributed by atoms with Crippen LogP contribution >= 0.6 is 0 Å². The summed E-state index contributed by atoms with van der Waals surface area (Å²) in [6.07, 6.45) is -8.00. The molecule has 1 saturated heterocycles. The number of fused-ring (bicyclic) bond motifs is 1. The fourth-order valence-corrected chi connectivity index (χ4v) is 3.94. The maximum atomic E-state index is 12.6. The Bertz CT molecular complexity index is 1450. The van der Waals surface area contributed by atoms with E-state index in [9.17, 15) is 48.4 Å². The first-order valence-corrected chi connectivity index (χ1v) is 11.5. The minimum absolute atomic E-state index is 0. The van der Waals surface area contributed by atoms with Gasteiger partial charge in [-0.15, -0.1) is 0 Å². The van der Waals surface area contributed by atoms with Gasteiger partial charge in [0.1, 0.15) is 52.6 Å². The van der Waals surface area contributed by atoms with Crippen molar-refractivity contribution in [2.24, 2.45) is 0 Å². The molecular formula is C21H19KO14S. The fourth-order valence-electron chi connectivity index (χ4n) is 3.60. The number of hydrogen-bond acceptors (Lipinski definition) is 14. The quantitative estimate of drug-likeness (QED) is 0.0945. The molecule has 0 saturated carbocycles. The first kappa shape index (κ1) is 29.7. The van der Waals surface area contributed by atoms with Crippen molar-refractivity contribution in [2.75, 3.05) is 6.61 Å². The average molecular weight is 567 g/mol. The molecule has 14 nitrogen and oxygen atoms in total. The maximum Gasteiger partial charge on any atom is 1.00 e. The molecule has 1 aliphatic heterocycles. The zero-order chi connectivity index (χ0) is 26.4. The van der Waals surface area contributed by atoms with E-state index >= 15 is 0 Å². The standard InChI is InChI=1S/C21H20O14S.K/c22-7-16-18(26)19(27)20(28)21(34-16)33-14-3-8(1-2-10(14)23)13-6-12(25)17-11(24)4-9(5-15(17)32-13)35-36(29,30)31;/h1-6,16,18-24,26-28H,7H2,(H,29,30,31);/q;+1/p-1/t16-,18-,19+,20-,21-;/m1./s1. The number of aromatic hydroxyl groups is 2. The Morgan fingerprint density at radius 3 is 2.32 bits per heavy atom. The van der Waals surface area contributed by atoms with Crippen molar-refractivity contribution in [3.05, 3.63) is 46.6 Å². The smallest absolute Gasteiger partial charge is 0.716 e.